The molecular formula is C18H17ClN2O3. The smallest absolute Gasteiger partial charge is 0.227 e. The number of rotatable bonds is 4. The molecule has 124 valence electrons. The number of anilines is 1. The van der Waals surface area contributed by atoms with Gasteiger partial charge in [0.15, 0.2) is 0 Å². The topological polar surface area (TPSA) is 69.6 Å². The third-order valence-corrected chi connectivity index (χ3v) is 4.29. The highest BCUT2D eigenvalue weighted by Crippen LogP contribution is 2.26. The molecular weight excluding hydrogens is 328 g/mol. The standard InChI is InChI=1S/C18H17ClN2O3/c19-14-3-1-12(2-4-14)10-20-18(24)13-9-17(23)21(11-13)15-5-7-16(22)8-6-15/h1-8,13,22H,9-11H2,(H,20,24)/t13-/m1/s1. The SMILES string of the molecule is O=C(NCc1ccc(Cl)cc1)[C@@H]1CC(=O)N(c2ccc(O)cc2)C1. The normalized spacial score (nSPS) is 17.1. The highest BCUT2D eigenvalue weighted by molar-refractivity contribution is 6.30. The largest absolute Gasteiger partial charge is 0.508 e. The molecule has 2 N–H and O–H groups in total. The van der Waals surface area contributed by atoms with E-state index in [0.717, 1.165) is 5.56 Å². The molecule has 6 heteroatoms. The number of benzene rings is 2. The molecule has 0 spiro atoms. The first-order valence-corrected chi connectivity index (χ1v) is 8.02. The van der Waals surface area contributed by atoms with Gasteiger partial charge in [0.2, 0.25) is 11.8 Å². The van der Waals surface area contributed by atoms with Crippen molar-refractivity contribution in [2.24, 2.45) is 5.92 Å². The summed E-state index contributed by atoms with van der Waals surface area (Å²) in [5, 5.41) is 12.8. The number of hydrogen-bond donors (Lipinski definition) is 2. The van der Waals surface area contributed by atoms with Crippen LogP contribution in [0.3, 0.4) is 0 Å². The summed E-state index contributed by atoms with van der Waals surface area (Å²) in [6.45, 7) is 0.746. The van der Waals surface area contributed by atoms with Gasteiger partial charge in [0.1, 0.15) is 5.75 Å². The van der Waals surface area contributed by atoms with Gasteiger partial charge >= 0.3 is 0 Å². The van der Waals surface area contributed by atoms with Gasteiger partial charge in [0.25, 0.3) is 0 Å². The predicted molar refractivity (Wildman–Crippen MR) is 91.9 cm³/mol. The molecule has 0 radical (unpaired) electrons. The summed E-state index contributed by atoms with van der Waals surface area (Å²) in [6.07, 6.45) is 0.188. The van der Waals surface area contributed by atoms with Crippen LogP contribution in [0.4, 0.5) is 5.69 Å². The van der Waals surface area contributed by atoms with Crippen molar-refractivity contribution in [3.63, 3.8) is 0 Å². The molecule has 2 amide bonds. The first kappa shape index (κ1) is 16.3. The third kappa shape index (κ3) is 3.68. The Kier molecular flexibility index (Phi) is 4.71. The van der Waals surface area contributed by atoms with Crippen LogP contribution in [0, 0.1) is 5.92 Å². The molecule has 0 aliphatic carbocycles. The summed E-state index contributed by atoms with van der Waals surface area (Å²) in [4.78, 5) is 26.0. The highest BCUT2D eigenvalue weighted by Gasteiger charge is 2.34. The van der Waals surface area contributed by atoms with Crippen LogP contribution in [0.1, 0.15) is 12.0 Å². The Balaban J connectivity index is 1.59. The summed E-state index contributed by atoms with van der Waals surface area (Å²) in [7, 11) is 0. The van der Waals surface area contributed by atoms with Crippen LogP contribution in [0.2, 0.25) is 5.02 Å². The van der Waals surface area contributed by atoms with Crippen molar-refractivity contribution >= 4 is 29.1 Å². The van der Waals surface area contributed by atoms with Crippen LogP contribution < -0.4 is 10.2 Å². The first-order chi connectivity index (χ1) is 11.5. The van der Waals surface area contributed by atoms with Crippen molar-refractivity contribution in [1.82, 2.24) is 5.32 Å². The van der Waals surface area contributed by atoms with E-state index in [4.69, 9.17) is 11.6 Å². The second kappa shape index (κ2) is 6.93. The Labute approximate surface area is 144 Å². The van der Waals surface area contributed by atoms with Gasteiger partial charge in [-0.05, 0) is 42.0 Å². The molecule has 5 nitrogen and oxygen atoms in total. The Hall–Kier alpha value is -2.53. The average Bonchev–Trinajstić information content (AvgIpc) is 2.97. The lowest BCUT2D eigenvalue weighted by molar-refractivity contribution is -0.126. The van der Waals surface area contributed by atoms with Crippen LogP contribution in [0.5, 0.6) is 5.75 Å². The number of carbonyl (C=O) groups is 2. The first-order valence-electron chi connectivity index (χ1n) is 7.64. The summed E-state index contributed by atoms with van der Waals surface area (Å²) < 4.78 is 0. The van der Waals surface area contributed by atoms with Gasteiger partial charge in [0, 0.05) is 30.2 Å². The van der Waals surface area contributed by atoms with Gasteiger partial charge in [-0.3, -0.25) is 9.59 Å². The summed E-state index contributed by atoms with van der Waals surface area (Å²) in [5.74, 6) is -0.465. The number of amides is 2. The van der Waals surface area contributed by atoms with Crippen LogP contribution in [0.25, 0.3) is 0 Å². The molecule has 24 heavy (non-hydrogen) atoms. The number of halogens is 1. The predicted octanol–water partition coefficient (Wildman–Crippen LogP) is 2.71. The fraction of sp³-hybridized carbons (Fsp3) is 0.222. The number of nitrogens with one attached hydrogen (secondary N) is 1. The highest BCUT2D eigenvalue weighted by atomic mass is 35.5. The van der Waals surface area contributed by atoms with E-state index in [1.54, 1.807) is 29.2 Å². The minimum atomic E-state index is -0.376. The van der Waals surface area contributed by atoms with E-state index in [1.807, 2.05) is 12.1 Å². The Morgan fingerprint density at radius 3 is 2.50 bits per heavy atom. The van der Waals surface area contributed by atoms with E-state index < -0.39 is 0 Å². The zero-order chi connectivity index (χ0) is 17.1. The van der Waals surface area contributed by atoms with Crippen LogP contribution in [-0.2, 0) is 16.1 Å². The van der Waals surface area contributed by atoms with E-state index in [2.05, 4.69) is 5.32 Å². The Bertz CT molecular complexity index is 744. The summed E-state index contributed by atoms with van der Waals surface area (Å²) >= 11 is 5.83. The minimum absolute atomic E-state index is 0.0904. The molecule has 1 aliphatic heterocycles. The Morgan fingerprint density at radius 2 is 1.83 bits per heavy atom. The molecule has 0 unspecified atom stereocenters. The monoisotopic (exact) mass is 344 g/mol. The Morgan fingerprint density at radius 1 is 1.17 bits per heavy atom. The fourth-order valence-electron chi connectivity index (χ4n) is 2.70. The lowest BCUT2D eigenvalue weighted by atomic mass is 10.1. The summed E-state index contributed by atoms with van der Waals surface area (Å²) in [6, 6.07) is 13.6. The molecule has 0 aromatic heterocycles. The third-order valence-electron chi connectivity index (χ3n) is 4.04. The van der Waals surface area contributed by atoms with Crippen molar-refractivity contribution in [1.29, 1.82) is 0 Å². The van der Waals surface area contributed by atoms with Crippen LogP contribution in [0.15, 0.2) is 48.5 Å². The van der Waals surface area contributed by atoms with Crippen molar-refractivity contribution in [2.45, 2.75) is 13.0 Å². The van der Waals surface area contributed by atoms with Crippen LogP contribution >= 0.6 is 11.6 Å². The van der Waals surface area contributed by atoms with Crippen molar-refractivity contribution in [3.05, 3.63) is 59.1 Å². The number of carbonyl (C=O) groups excluding carboxylic acids is 2. The van der Waals surface area contributed by atoms with Crippen LogP contribution in [-0.4, -0.2) is 23.5 Å². The van der Waals surface area contributed by atoms with Crippen molar-refractivity contribution < 1.29 is 14.7 Å². The molecule has 3 rings (SSSR count). The molecule has 1 atom stereocenters. The molecule has 2 aromatic carbocycles. The van der Waals surface area contributed by atoms with E-state index in [-0.39, 0.29) is 29.9 Å². The maximum atomic E-state index is 12.3. The van der Waals surface area contributed by atoms with Gasteiger partial charge in [-0.25, -0.2) is 0 Å². The lowest BCUT2D eigenvalue weighted by Crippen LogP contribution is -2.32. The van der Waals surface area contributed by atoms with E-state index in [1.165, 1.54) is 12.1 Å². The minimum Gasteiger partial charge on any atom is -0.508 e. The number of phenols is 1. The number of hydrogen-bond acceptors (Lipinski definition) is 3. The van der Waals surface area contributed by atoms with E-state index in [0.29, 0.717) is 23.8 Å². The van der Waals surface area contributed by atoms with Gasteiger partial charge in [-0.2, -0.15) is 0 Å². The second-order valence-corrected chi connectivity index (χ2v) is 6.20. The van der Waals surface area contributed by atoms with Crippen molar-refractivity contribution in [2.75, 3.05) is 11.4 Å². The maximum Gasteiger partial charge on any atom is 0.227 e. The number of aromatic hydroxyl groups is 1. The maximum absolute atomic E-state index is 12.3. The number of phenolic OH excluding ortho intramolecular Hbond substituents is 1. The van der Waals surface area contributed by atoms with Crippen molar-refractivity contribution in [3.8, 4) is 5.75 Å². The molecule has 1 heterocycles. The molecule has 1 saturated heterocycles. The molecule has 0 saturated carbocycles. The number of nitrogens with zero attached hydrogens (tertiary/aromatic N) is 1. The van der Waals surface area contributed by atoms with E-state index >= 15 is 0 Å². The zero-order valence-corrected chi connectivity index (χ0v) is 13.7. The zero-order valence-electron chi connectivity index (χ0n) is 12.9. The van der Waals surface area contributed by atoms with Gasteiger partial charge in [-0.1, -0.05) is 23.7 Å². The van der Waals surface area contributed by atoms with E-state index in [9.17, 15) is 14.7 Å². The lowest BCUT2D eigenvalue weighted by Gasteiger charge is -2.16. The average molecular weight is 345 g/mol. The second-order valence-electron chi connectivity index (χ2n) is 5.77. The quantitative estimate of drug-likeness (QED) is 0.896. The fourth-order valence-corrected chi connectivity index (χ4v) is 2.83. The van der Waals surface area contributed by atoms with Gasteiger partial charge < -0.3 is 15.3 Å². The molecule has 0 bridgehead atoms. The molecule has 1 fully saturated rings. The van der Waals surface area contributed by atoms with Gasteiger partial charge in [0.05, 0.1) is 5.92 Å². The molecule has 1 aliphatic rings. The van der Waals surface area contributed by atoms with Gasteiger partial charge in [-0.15, -0.1) is 0 Å². The molecule has 2 aromatic rings. The summed E-state index contributed by atoms with van der Waals surface area (Å²) in [5.41, 5.74) is 1.64.